The van der Waals surface area contributed by atoms with E-state index >= 15 is 0 Å². The lowest BCUT2D eigenvalue weighted by atomic mass is 9.95. The molecule has 2 fully saturated rings. The number of hydrogen-bond donors (Lipinski definition) is 1. The Balaban J connectivity index is 1.37. The van der Waals surface area contributed by atoms with Gasteiger partial charge in [0.05, 0.1) is 5.92 Å². The first kappa shape index (κ1) is 15.0. The van der Waals surface area contributed by atoms with Crippen LogP contribution >= 0.6 is 0 Å². The van der Waals surface area contributed by atoms with Crippen molar-refractivity contribution in [2.75, 3.05) is 45.9 Å². The summed E-state index contributed by atoms with van der Waals surface area (Å²) in [6, 6.07) is 8.61. The minimum Gasteiger partial charge on any atom is -0.492 e. The van der Waals surface area contributed by atoms with Crippen LogP contribution < -0.4 is 10.1 Å². The van der Waals surface area contributed by atoms with E-state index in [2.05, 4.69) is 21.2 Å². The van der Waals surface area contributed by atoms with Crippen molar-refractivity contribution in [2.24, 2.45) is 5.92 Å². The zero-order chi connectivity index (χ0) is 15.6. The largest absolute Gasteiger partial charge is 0.492 e. The minimum atomic E-state index is -0.0216. The number of nitrogens with zero attached hydrogens (tertiary/aromatic N) is 2. The molecule has 1 N–H and O–H groups in total. The lowest BCUT2D eigenvalue weighted by Crippen LogP contribution is -2.49. The molecule has 0 aliphatic carbocycles. The number of benzene rings is 1. The summed E-state index contributed by atoms with van der Waals surface area (Å²) in [4.78, 5) is 17.5. The van der Waals surface area contributed by atoms with Crippen LogP contribution in [0.25, 0.3) is 0 Å². The summed E-state index contributed by atoms with van der Waals surface area (Å²) in [5.41, 5.74) is 1.16. The number of carbonyl (C=O) groups is 1. The van der Waals surface area contributed by atoms with E-state index in [1.54, 1.807) is 0 Å². The number of rotatable bonds is 2. The molecule has 124 valence electrons. The molecule has 0 saturated carbocycles. The molecule has 2 saturated heterocycles. The van der Waals surface area contributed by atoms with Crippen LogP contribution in [0.1, 0.15) is 12.0 Å². The highest BCUT2D eigenvalue weighted by Crippen LogP contribution is 2.28. The number of piperazine rings is 1. The third-order valence-electron chi connectivity index (χ3n) is 5.37. The molecule has 3 aliphatic rings. The maximum absolute atomic E-state index is 12.9. The molecule has 2 atom stereocenters. The topological polar surface area (TPSA) is 44.8 Å². The highest BCUT2D eigenvalue weighted by molar-refractivity contribution is 5.80. The van der Waals surface area contributed by atoms with Crippen molar-refractivity contribution >= 4 is 5.91 Å². The van der Waals surface area contributed by atoms with Gasteiger partial charge in [0.25, 0.3) is 0 Å². The zero-order valence-electron chi connectivity index (χ0n) is 13.5. The predicted molar refractivity (Wildman–Crippen MR) is 88.6 cm³/mol. The van der Waals surface area contributed by atoms with Crippen LogP contribution in [0.5, 0.6) is 5.75 Å². The fraction of sp³-hybridized carbons (Fsp3) is 0.611. The number of hydrogen-bond acceptors (Lipinski definition) is 4. The molecule has 5 nitrogen and oxygen atoms in total. The smallest absolute Gasteiger partial charge is 0.229 e. The Morgan fingerprint density at radius 3 is 2.87 bits per heavy atom. The van der Waals surface area contributed by atoms with Crippen molar-refractivity contribution in [3.63, 3.8) is 0 Å². The summed E-state index contributed by atoms with van der Waals surface area (Å²) >= 11 is 0. The highest BCUT2D eigenvalue weighted by atomic mass is 16.5. The maximum atomic E-state index is 12.9. The Kier molecular flexibility index (Phi) is 4.23. The Morgan fingerprint density at radius 2 is 2.00 bits per heavy atom. The SMILES string of the molecule is O=C(C1COc2ccccc2C1)N1CCC(N2CCNCC2)C1. The normalized spacial score (nSPS) is 28.3. The van der Waals surface area contributed by atoms with Gasteiger partial charge in [-0.3, -0.25) is 9.69 Å². The average Bonchev–Trinajstić information content (AvgIpc) is 3.11. The van der Waals surface area contributed by atoms with E-state index in [4.69, 9.17) is 4.74 Å². The Bertz CT molecular complexity index is 571. The lowest BCUT2D eigenvalue weighted by Gasteiger charge is -2.33. The molecule has 5 heteroatoms. The first-order valence-corrected chi connectivity index (χ1v) is 8.75. The van der Waals surface area contributed by atoms with E-state index in [-0.39, 0.29) is 11.8 Å². The molecule has 0 radical (unpaired) electrons. The maximum Gasteiger partial charge on any atom is 0.229 e. The number of carbonyl (C=O) groups excluding carboxylic acids is 1. The van der Waals surface area contributed by atoms with Crippen LogP contribution in [0.4, 0.5) is 0 Å². The third kappa shape index (κ3) is 3.08. The second kappa shape index (κ2) is 6.49. The first-order chi connectivity index (χ1) is 11.3. The van der Waals surface area contributed by atoms with Crippen LogP contribution in [0.3, 0.4) is 0 Å². The molecule has 2 unspecified atom stereocenters. The third-order valence-corrected chi connectivity index (χ3v) is 5.37. The van der Waals surface area contributed by atoms with Crippen LogP contribution in [0.15, 0.2) is 24.3 Å². The molecule has 3 aliphatic heterocycles. The van der Waals surface area contributed by atoms with Crippen molar-refractivity contribution in [1.82, 2.24) is 15.1 Å². The van der Waals surface area contributed by atoms with E-state index in [0.29, 0.717) is 12.6 Å². The Morgan fingerprint density at radius 1 is 1.17 bits per heavy atom. The van der Waals surface area contributed by atoms with Gasteiger partial charge >= 0.3 is 0 Å². The summed E-state index contributed by atoms with van der Waals surface area (Å²) < 4.78 is 5.79. The van der Waals surface area contributed by atoms with Gasteiger partial charge in [0.15, 0.2) is 0 Å². The molecule has 0 bridgehead atoms. The van der Waals surface area contributed by atoms with Gasteiger partial charge in [-0.2, -0.15) is 0 Å². The molecule has 23 heavy (non-hydrogen) atoms. The molecule has 3 heterocycles. The van der Waals surface area contributed by atoms with Gasteiger partial charge in [0, 0.05) is 45.3 Å². The van der Waals surface area contributed by atoms with Crippen molar-refractivity contribution in [3.05, 3.63) is 29.8 Å². The van der Waals surface area contributed by atoms with Gasteiger partial charge in [0.2, 0.25) is 5.91 Å². The summed E-state index contributed by atoms with van der Waals surface area (Å²) in [5, 5.41) is 3.39. The van der Waals surface area contributed by atoms with Crippen LogP contribution in [0.2, 0.25) is 0 Å². The second-order valence-corrected chi connectivity index (χ2v) is 6.83. The lowest BCUT2D eigenvalue weighted by molar-refractivity contribution is -0.136. The predicted octanol–water partition coefficient (Wildman–Crippen LogP) is 0.744. The number of para-hydroxylation sites is 1. The number of fused-ring (bicyclic) bond motifs is 1. The van der Waals surface area contributed by atoms with E-state index in [1.807, 2.05) is 18.2 Å². The monoisotopic (exact) mass is 315 g/mol. The van der Waals surface area contributed by atoms with E-state index in [1.165, 1.54) is 0 Å². The van der Waals surface area contributed by atoms with E-state index < -0.39 is 0 Å². The van der Waals surface area contributed by atoms with Gasteiger partial charge in [-0.1, -0.05) is 18.2 Å². The second-order valence-electron chi connectivity index (χ2n) is 6.83. The number of likely N-dealkylation sites (tertiary alicyclic amines) is 1. The molecular weight excluding hydrogens is 290 g/mol. The molecule has 0 spiro atoms. The fourth-order valence-electron chi connectivity index (χ4n) is 4.03. The fourth-order valence-corrected chi connectivity index (χ4v) is 4.03. The van der Waals surface area contributed by atoms with Gasteiger partial charge in [-0.05, 0) is 24.5 Å². The Labute approximate surface area is 137 Å². The molecule has 1 aromatic rings. The number of amides is 1. The van der Waals surface area contributed by atoms with Crippen LogP contribution in [0, 0.1) is 5.92 Å². The van der Waals surface area contributed by atoms with Crippen molar-refractivity contribution in [2.45, 2.75) is 18.9 Å². The zero-order valence-corrected chi connectivity index (χ0v) is 13.5. The van der Waals surface area contributed by atoms with Gasteiger partial charge in [-0.25, -0.2) is 0 Å². The standard InChI is InChI=1S/C18H25N3O2/c22-18(15-11-14-3-1-2-4-17(14)23-13-15)21-8-5-16(12-21)20-9-6-19-7-10-20/h1-4,15-16,19H,5-13H2. The van der Waals surface area contributed by atoms with E-state index in [0.717, 1.165) is 63.4 Å². The van der Waals surface area contributed by atoms with Crippen molar-refractivity contribution < 1.29 is 9.53 Å². The number of nitrogens with one attached hydrogen (secondary N) is 1. The molecule has 1 amide bonds. The molecule has 1 aromatic carbocycles. The summed E-state index contributed by atoms with van der Waals surface area (Å²) in [6.07, 6.45) is 1.92. The Hall–Kier alpha value is -1.59. The van der Waals surface area contributed by atoms with Gasteiger partial charge < -0.3 is 15.0 Å². The molecule has 0 aromatic heterocycles. The quantitative estimate of drug-likeness (QED) is 0.874. The molecule has 4 rings (SSSR count). The van der Waals surface area contributed by atoms with Crippen molar-refractivity contribution in [1.29, 1.82) is 0 Å². The number of ether oxygens (including phenoxy) is 1. The summed E-state index contributed by atoms with van der Waals surface area (Å²) in [5.74, 6) is 1.19. The van der Waals surface area contributed by atoms with Crippen molar-refractivity contribution in [3.8, 4) is 5.75 Å². The van der Waals surface area contributed by atoms with Gasteiger partial charge in [-0.15, -0.1) is 0 Å². The summed E-state index contributed by atoms with van der Waals surface area (Å²) in [6.45, 7) is 6.64. The highest BCUT2D eigenvalue weighted by Gasteiger charge is 2.35. The summed E-state index contributed by atoms with van der Waals surface area (Å²) in [7, 11) is 0. The van der Waals surface area contributed by atoms with Crippen LogP contribution in [-0.2, 0) is 11.2 Å². The molecular formula is C18H25N3O2. The van der Waals surface area contributed by atoms with Gasteiger partial charge in [0.1, 0.15) is 12.4 Å². The first-order valence-electron chi connectivity index (χ1n) is 8.75. The average molecular weight is 315 g/mol. The minimum absolute atomic E-state index is 0.0216. The van der Waals surface area contributed by atoms with Crippen LogP contribution in [-0.4, -0.2) is 67.6 Å². The van der Waals surface area contributed by atoms with E-state index in [9.17, 15) is 4.79 Å².